The third-order valence-electron chi connectivity index (χ3n) is 2.26. The predicted molar refractivity (Wildman–Crippen MR) is 56.6 cm³/mol. The topological polar surface area (TPSA) is 37.3 Å². The summed E-state index contributed by atoms with van der Waals surface area (Å²) in [6.07, 6.45) is 0. The quantitative estimate of drug-likeness (QED) is 0.684. The van der Waals surface area contributed by atoms with Crippen LogP contribution < -0.4 is 5.43 Å². The molecule has 14 heavy (non-hydrogen) atoms. The van der Waals surface area contributed by atoms with Gasteiger partial charge >= 0.3 is 0 Å². The van der Waals surface area contributed by atoms with Crippen LogP contribution >= 0.6 is 0 Å². The van der Waals surface area contributed by atoms with Gasteiger partial charge in [-0.05, 0) is 47.5 Å². The molecule has 0 bridgehead atoms. The molecular weight excluding hydrogens is 176 g/mol. The zero-order valence-corrected chi connectivity index (χ0v) is 7.82. The van der Waals surface area contributed by atoms with Gasteiger partial charge in [-0.25, -0.2) is 0 Å². The van der Waals surface area contributed by atoms with Crippen LogP contribution in [0.2, 0.25) is 0 Å². The van der Waals surface area contributed by atoms with E-state index in [0.717, 1.165) is 16.3 Å². The maximum Gasteiger partial charge on any atom is 0.178 e. The summed E-state index contributed by atoms with van der Waals surface area (Å²) in [7, 11) is 0. The van der Waals surface area contributed by atoms with Crippen molar-refractivity contribution in [2.24, 2.45) is 0 Å². The van der Waals surface area contributed by atoms with Crippen LogP contribution in [0.5, 0.6) is 5.75 Å². The molecule has 2 heteroatoms. The third-order valence-corrected chi connectivity index (χ3v) is 2.26. The van der Waals surface area contributed by atoms with Gasteiger partial charge in [0.25, 0.3) is 0 Å². The molecule has 0 saturated carbocycles. The first kappa shape index (κ1) is 8.75. The molecule has 1 N–H and O–H groups in total. The summed E-state index contributed by atoms with van der Waals surface area (Å²) in [6, 6.07) is 10.0. The molecule has 0 aromatic heterocycles. The van der Waals surface area contributed by atoms with Crippen LogP contribution in [-0.2, 0) is 0 Å². The lowest BCUT2D eigenvalue weighted by molar-refractivity contribution is 0.472. The van der Waals surface area contributed by atoms with Crippen molar-refractivity contribution in [1.29, 1.82) is 0 Å². The minimum Gasteiger partial charge on any atom is -0.508 e. The van der Waals surface area contributed by atoms with Gasteiger partial charge < -0.3 is 5.11 Å². The number of benzene rings is 1. The summed E-state index contributed by atoms with van der Waals surface area (Å²) in [6.45, 7) is 1.83. The standard InChI is InChI=1S/C12H10O2/c1-8-6-9-2-4-11(13)5-3-10(9)7-12(8)14/h2-7,14H,1H3. The van der Waals surface area contributed by atoms with Gasteiger partial charge in [0.2, 0.25) is 0 Å². The molecule has 2 rings (SSSR count). The Kier molecular flexibility index (Phi) is 1.97. The van der Waals surface area contributed by atoms with E-state index in [9.17, 15) is 9.90 Å². The Morgan fingerprint density at radius 2 is 1.57 bits per heavy atom. The van der Waals surface area contributed by atoms with Crippen LogP contribution in [0, 0.1) is 6.92 Å². The fourth-order valence-corrected chi connectivity index (χ4v) is 1.42. The molecule has 2 nitrogen and oxygen atoms in total. The fourth-order valence-electron chi connectivity index (χ4n) is 1.42. The van der Waals surface area contributed by atoms with E-state index in [2.05, 4.69) is 0 Å². The smallest absolute Gasteiger partial charge is 0.178 e. The van der Waals surface area contributed by atoms with E-state index in [1.165, 1.54) is 12.1 Å². The van der Waals surface area contributed by atoms with Crippen molar-refractivity contribution in [3.8, 4) is 5.75 Å². The number of phenolic OH excluding ortho intramolecular Hbond substituents is 1. The zero-order chi connectivity index (χ0) is 10.1. The average molecular weight is 186 g/mol. The Labute approximate surface area is 81.4 Å². The molecule has 0 saturated heterocycles. The minimum atomic E-state index is -0.0293. The second kappa shape index (κ2) is 3.14. The number of aromatic hydroxyl groups is 1. The lowest BCUT2D eigenvalue weighted by atomic mass is 10.1. The van der Waals surface area contributed by atoms with Gasteiger partial charge in [-0.15, -0.1) is 0 Å². The molecule has 0 spiro atoms. The van der Waals surface area contributed by atoms with Crippen molar-refractivity contribution in [3.63, 3.8) is 0 Å². The van der Waals surface area contributed by atoms with Crippen LogP contribution in [0.25, 0.3) is 10.8 Å². The van der Waals surface area contributed by atoms with Gasteiger partial charge in [0.15, 0.2) is 5.43 Å². The fraction of sp³-hybridized carbons (Fsp3) is 0.0833. The molecule has 0 aliphatic carbocycles. The number of phenols is 1. The summed E-state index contributed by atoms with van der Waals surface area (Å²) < 4.78 is 0. The van der Waals surface area contributed by atoms with Gasteiger partial charge in [-0.2, -0.15) is 0 Å². The van der Waals surface area contributed by atoms with E-state index < -0.39 is 0 Å². The Balaban J connectivity index is 2.91. The van der Waals surface area contributed by atoms with Crippen molar-refractivity contribution >= 4 is 10.8 Å². The van der Waals surface area contributed by atoms with E-state index in [4.69, 9.17) is 0 Å². The molecule has 0 aliphatic heterocycles. The minimum absolute atomic E-state index is 0.0293. The molecule has 2 aromatic carbocycles. The first-order valence-electron chi connectivity index (χ1n) is 4.40. The lowest BCUT2D eigenvalue weighted by Crippen LogP contribution is -1.87. The zero-order valence-electron chi connectivity index (χ0n) is 7.82. The molecule has 0 radical (unpaired) electrons. The average Bonchev–Trinajstić information content (AvgIpc) is 2.31. The van der Waals surface area contributed by atoms with E-state index in [1.54, 1.807) is 18.2 Å². The molecule has 0 fully saturated rings. The molecule has 0 aliphatic rings. The van der Waals surface area contributed by atoms with Crippen LogP contribution in [0.1, 0.15) is 5.56 Å². The second-order valence-electron chi connectivity index (χ2n) is 3.34. The second-order valence-corrected chi connectivity index (χ2v) is 3.34. The van der Waals surface area contributed by atoms with Gasteiger partial charge in [0.05, 0.1) is 0 Å². The summed E-state index contributed by atoms with van der Waals surface area (Å²) in [4.78, 5) is 11.1. The SMILES string of the molecule is Cc1cc2ccc(=O)ccc2cc1O. The highest BCUT2D eigenvalue weighted by Crippen LogP contribution is 2.22. The molecule has 0 atom stereocenters. The van der Waals surface area contributed by atoms with Crippen LogP contribution in [0.3, 0.4) is 0 Å². The molecule has 2 aromatic rings. The van der Waals surface area contributed by atoms with Crippen LogP contribution in [0.15, 0.2) is 41.2 Å². The van der Waals surface area contributed by atoms with Gasteiger partial charge in [0.1, 0.15) is 5.75 Å². The molecule has 0 amide bonds. The summed E-state index contributed by atoms with van der Waals surface area (Å²) in [5.41, 5.74) is 0.787. The van der Waals surface area contributed by atoms with Crippen molar-refractivity contribution < 1.29 is 5.11 Å². The number of hydrogen-bond donors (Lipinski definition) is 1. The van der Waals surface area contributed by atoms with Crippen molar-refractivity contribution in [1.82, 2.24) is 0 Å². The van der Waals surface area contributed by atoms with E-state index in [1.807, 2.05) is 13.0 Å². The maximum absolute atomic E-state index is 11.1. The Morgan fingerprint density at radius 1 is 1.00 bits per heavy atom. The van der Waals surface area contributed by atoms with Gasteiger partial charge in [0, 0.05) is 0 Å². The molecular formula is C12H10O2. The van der Waals surface area contributed by atoms with Crippen molar-refractivity contribution in [2.45, 2.75) is 6.92 Å². The van der Waals surface area contributed by atoms with Crippen LogP contribution in [0.4, 0.5) is 0 Å². The molecule has 70 valence electrons. The monoisotopic (exact) mass is 186 g/mol. The van der Waals surface area contributed by atoms with Crippen molar-refractivity contribution in [2.75, 3.05) is 0 Å². The highest BCUT2D eigenvalue weighted by molar-refractivity contribution is 5.84. The highest BCUT2D eigenvalue weighted by Gasteiger charge is 1.97. The van der Waals surface area contributed by atoms with E-state index in [0.29, 0.717) is 0 Å². The van der Waals surface area contributed by atoms with Gasteiger partial charge in [-0.1, -0.05) is 12.1 Å². The number of fused-ring (bicyclic) bond motifs is 1. The molecule has 0 heterocycles. The summed E-state index contributed by atoms with van der Waals surface area (Å²) in [5.74, 6) is 0.260. The lowest BCUT2D eigenvalue weighted by Gasteiger charge is -1.99. The maximum atomic E-state index is 11.1. The Morgan fingerprint density at radius 3 is 2.21 bits per heavy atom. The first-order chi connectivity index (χ1) is 6.66. The van der Waals surface area contributed by atoms with E-state index in [-0.39, 0.29) is 11.2 Å². The van der Waals surface area contributed by atoms with E-state index >= 15 is 0 Å². The van der Waals surface area contributed by atoms with Gasteiger partial charge in [-0.3, -0.25) is 4.79 Å². The third kappa shape index (κ3) is 1.46. The summed E-state index contributed by atoms with van der Waals surface area (Å²) in [5, 5.41) is 11.3. The van der Waals surface area contributed by atoms with Crippen LogP contribution in [-0.4, -0.2) is 5.11 Å². The normalized spacial score (nSPS) is 10.4. The largest absolute Gasteiger partial charge is 0.508 e. The molecule has 0 unspecified atom stereocenters. The first-order valence-corrected chi connectivity index (χ1v) is 4.40. The predicted octanol–water partition coefficient (Wildman–Crippen LogP) is 2.21. The number of rotatable bonds is 0. The number of hydrogen-bond acceptors (Lipinski definition) is 2. The summed E-state index contributed by atoms with van der Waals surface area (Å²) >= 11 is 0. The highest BCUT2D eigenvalue weighted by atomic mass is 16.3. The number of aryl methyl sites for hydroxylation is 1. The Bertz CT molecular complexity index is 497. The Hall–Kier alpha value is -1.83. The van der Waals surface area contributed by atoms with Crippen molar-refractivity contribution in [3.05, 3.63) is 52.2 Å².